The number of hydrogen-bond donors (Lipinski definition) is 0. The number of fused-ring (bicyclic) bond motifs is 1. The average Bonchev–Trinajstić information content (AvgIpc) is 2.94. The molecule has 1 saturated heterocycles. The Bertz CT molecular complexity index is 847. The van der Waals surface area contributed by atoms with Crippen molar-refractivity contribution in [2.75, 3.05) is 18.9 Å². The molecule has 2 aliphatic rings. The van der Waals surface area contributed by atoms with E-state index in [9.17, 15) is 13.2 Å². The first kappa shape index (κ1) is 21.2. The molecule has 2 aliphatic heterocycles. The molecule has 0 spiro atoms. The number of carbonyl (C=O) groups excluding carboxylic acids is 1. The molecule has 0 bridgehead atoms. The van der Waals surface area contributed by atoms with Crippen molar-refractivity contribution in [1.82, 2.24) is 4.90 Å². The third kappa shape index (κ3) is 4.57. The molecule has 1 atom stereocenters. The van der Waals surface area contributed by atoms with Crippen molar-refractivity contribution in [2.45, 2.75) is 68.9 Å². The first-order valence-electron chi connectivity index (χ1n) is 9.68. The molecule has 2 heterocycles. The van der Waals surface area contributed by atoms with Gasteiger partial charge in [-0.15, -0.1) is 11.6 Å². The summed E-state index contributed by atoms with van der Waals surface area (Å²) in [6, 6.07) is 3.37. The Kier molecular flexibility index (Phi) is 6.15. The molecule has 0 N–H and O–H groups in total. The molecule has 156 valence electrons. The van der Waals surface area contributed by atoms with Crippen molar-refractivity contribution in [3.8, 4) is 5.75 Å². The van der Waals surface area contributed by atoms with Crippen LogP contribution >= 0.6 is 11.6 Å². The number of ether oxygens (including phenoxy) is 2. The molecular formula is C20H28ClNO5S. The van der Waals surface area contributed by atoms with Crippen molar-refractivity contribution in [3.05, 3.63) is 23.3 Å². The van der Waals surface area contributed by atoms with Gasteiger partial charge in [-0.05, 0) is 63.6 Å². The number of hydrogen-bond acceptors (Lipinski definition) is 5. The van der Waals surface area contributed by atoms with Crippen molar-refractivity contribution >= 4 is 27.5 Å². The average molecular weight is 430 g/mol. The number of nitrogens with zero attached hydrogens (tertiary/aromatic N) is 1. The van der Waals surface area contributed by atoms with Crippen LogP contribution in [0.25, 0.3) is 0 Å². The van der Waals surface area contributed by atoms with Crippen LogP contribution in [0.2, 0.25) is 0 Å². The molecule has 1 fully saturated rings. The lowest BCUT2D eigenvalue weighted by atomic mass is 10.0. The number of piperidine rings is 1. The van der Waals surface area contributed by atoms with Crippen LogP contribution < -0.4 is 4.74 Å². The highest BCUT2D eigenvalue weighted by Gasteiger charge is 2.34. The monoisotopic (exact) mass is 429 g/mol. The van der Waals surface area contributed by atoms with Gasteiger partial charge in [0.1, 0.15) is 22.9 Å². The molecule has 6 nitrogen and oxygen atoms in total. The smallest absolute Gasteiger partial charge is 0.410 e. The van der Waals surface area contributed by atoms with E-state index >= 15 is 0 Å². The third-order valence-electron chi connectivity index (χ3n) is 5.08. The normalized spacial score (nSPS) is 21.3. The van der Waals surface area contributed by atoms with Crippen LogP contribution in [0.4, 0.5) is 4.79 Å². The van der Waals surface area contributed by atoms with E-state index < -0.39 is 15.4 Å². The van der Waals surface area contributed by atoms with Gasteiger partial charge < -0.3 is 14.4 Å². The summed E-state index contributed by atoms with van der Waals surface area (Å²) in [7, 11) is -3.36. The van der Waals surface area contributed by atoms with Gasteiger partial charge in [-0.25, -0.2) is 13.2 Å². The predicted octanol–water partition coefficient (Wildman–Crippen LogP) is 3.92. The van der Waals surface area contributed by atoms with Gasteiger partial charge in [0.05, 0.1) is 11.8 Å². The minimum absolute atomic E-state index is 0.0834. The summed E-state index contributed by atoms with van der Waals surface area (Å²) >= 11 is 5.97. The zero-order valence-electron chi connectivity index (χ0n) is 16.7. The molecule has 3 rings (SSSR count). The van der Waals surface area contributed by atoms with Gasteiger partial charge in [0.15, 0.2) is 9.84 Å². The van der Waals surface area contributed by atoms with Gasteiger partial charge in [-0.3, -0.25) is 0 Å². The van der Waals surface area contributed by atoms with E-state index in [0.29, 0.717) is 18.7 Å². The quantitative estimate of drug-likeness (QED) is 0.678. The molecule has 0 radical (unpaired) electrons. The van der Waals surface area contributed by atoms with Gasteiger partial charge in [0.2, 0.25) is 0 Å². The summed E-state index contributed by atoms with van der Waals surface area (Å²) in [5, 5.41) is 0. The SMILES string of the molecule is CC(C)(C)OC(=O)N1CCCCC1COc1ccc(CCl)c2c1S(=O)(=O)CC2. The van der Waals surface area contributed by atoms with Crippen LogP contribution in [0, 0.1) is 0 Å². The second-order valence-electron chi connectivity index (χ2n) is 8.37. The molecule has 8 heteroatoms. The largest absolute Gasteiger partial charge is 0.490 e. The second kappa shape index (κ2) is 8.11. The summed E-state index contributed by atoms with van der Waals surface area (Å²) in [5.74, 6) is 0.712. The highest BCUT2D eigenvalue weighted by molar-refractivity contribution is 7.91. The van der Waals surface area contributed by atoms with Gasteiger partial charge in [-0.2, -0.15) is 0 Å². The minimum atomic E-state index is -3.36. The molecule has 1 amide bonds. The molecule has 1 unspecified atom stereocenters. The molecule has 28 heavy (non-hydrogen) atoms. The maximum absolute atomic E-state index is 12.5. The summed E-state index contributed by atoms with van der Waals surface area (Å²) in [5.41, 5.74) is 1.03. The summed E-state index contributed by atoms with van der Waals surface area (Å²) < 4.78 is 36.5. The Morgan fingerprint density at radius 1 is 1.29 bits per heavy atom. The fourth-order valence-corrected chi connectivity index (χ4v) is 5.73. The molecule has 0 aliphatic carbocycles. The van der Waals surface area contributed by atoms with Crippen molar-refractivity contribution in [1.29, 1.82) is 0 Å². The number of carbonyl (C=O) groups is 1. The second-order valence-corrected chi connectivity index (χ2v) is 10.7. The van der Waals surface area contributed by atoms with E-state index in [-0.39, 0.29) is 35.3 Å². The highest BCUT2D eigenvalue weighted by Crippen LogP contribution is 2.37. The van der Waals surface area contributed by atoms with E-state index in [4.69, 9.17) is 21.1 Å². The van der Waals surface area contributed by atoms with Gasteiger partial charge >= 0.3 is 6.09 Å². The maximum atomic E-state index is 12.5. The zero-order valence-corrected chi connectivity index (χ0v) is 18.2. The standard InChI is InChI=1S/C20H28ClNO5S/c1-20(2,3)27-19(23)22-10-5-4-6-15(22)13-26-17-8-7-14(12-21)16-9-11-28(24,25)18(16)17/h7-8,15H,4-6,9-13H2,1-3H3. The Labute approximate surface area is 172 Å². The number of likely N-dealkylation sites (tertiary alicyclic amines) is 1. The van der Waals surface area contributed by atoms with Gasteiger partial charge in [0, 0.05) is 12.4 Å². The fourth-order valence-electron chi connectivity index (χ4n) is 3.76. The summed E-state index contributed by atoms with van der Waals surface area (Å²) in [6.07, 6.45) is 2.83. The van der Waals surface area contributed by atoms with Gasteiger partial charge in [-0.1, -0.05) is 6.07 Å². The number of rotatable bonds is 4. The summed E-state index contributed by atoms with van der Waals surface area (Å²) in [6.45, 7) is 6.37. The lowest BCUT2D eigenvalue weighted by Crippen LogP contribution is -2.48. The van der Waals surface area contributed by atoms with Crippen molar-refractivity contribution in [2.24, 2.45) is 0 Å². The van der Waals surface area contributed by atoms with Crippen LogP contribution in [-0.2, 0) is 26.9 Å². The third-order valence-corrected chi connectivity index (χ3v) is 7.18. The maximum Gasteiger partial charge on any atom is 0.410 e. The molecule has 1 aromatic carbocycles. The first-order valence-corrected chi connectivity index (χ1v) is 11.9. The van der Waals surface area contributed by atoms with Crippen LogP contribution in [-0.4, -0.2) is 50.0 Å². The number of amides is 1. The molecule has 0 aromatic heterocycles. The van der Waals surface area contributed by atoms with Gasteiger partial charge in [0.25, 0.3) is 0 Å². The van der Waals surface area contributed by atoms with Crippen LogP contribution in [0.1, 0.15) is 51.2 Å². The number of alkyl halides is 1. The highest BCUT2D eigenvalue weighted by atomic mass is 35.5. The van der Waals surface area contributed by atoms with E-state index in [2.05, 4.69) is 0 Å². The van der Waals surface area contributed by atoms with E-state index in [1.54, 1.807) is 11.0 Å². The first-order chi connectivity index (χ1) is 13.1. The number of benzene rings is 1. The number of sulfone groups is 1. The predicted molar refractivity (Wildman–Crippen MR) is 108 cm³/mol. The van der Waals surface area contributed by atoms with E-state index in [1.165, 1.54) is 0 Å². The van der Waals surface area contributed by atoms with Crippen LogP contribution in [0.3, 0.4) is 0 Å². The summed E-state index contributed by atoms with van der Waals surface area (Å²) in [4.78, 5) is 14.5. The lowest BCUT2D eigenvalue weighted by molar-refractivity contribution is 0.00343. The van der Waals surface area contributed by atoms with Crippen LogP contribution in [0.5, 0.6) is 5.75 Å². The molecule has 0 saturated carbocycles. The Morgan fingerprint density at radius 2 is 2.04 bits per heavy atom. The topological polar surface area (TPSA) is 72.9 Å². The lowest BCUT2D eigenvalue weighted by Gasteiger charge is -2.36. The van der Waals surface area contributed by atoms with Crippen LogP contribution in [0.15, 0.2) is 17.0 Å². The number of halogens is 1. The van der Waals surface area contributed by atoms with E-state index in [0.717, 1.165) is 30.4 Å². The Morgan fingerprint density at radius 3 is 2.71 bits per heavy atom. The molecule has 1 aromatic rings. The molecular weight excluding hydrogens is 402 g/mol. The Balaban J connectivity index is 1.78. The zero-order chi connectivity index (χ0) is 20.5. The minimum Gasteiger partial charge on any atom is -0.490 e. The van der Waals surface area contributed by atoms with Crippen molar-refractivity contribution < 1.29 is 22.7 Å². The Hall–Kier alpha value is -1.47. The van der Waals surface area contributed by atoms with E-state index in [1.807, 2.05) is 26.8 Å². The fraction of sp³-hybridized carbons (Fsp3) is 0.650. The van der Waals surface area contributed by atoms with Crippen molar-refractivity contribution in [3.63, 3.8) is 0 Å².